The van der Waals surface area contributed by atoms with E-state index in [1.54, 1.807) is 12.5 Å². The molecular formula is C17H14ClFN4O2. The van der Waals surface area contributed by atoms with Gasteiger partial charge in [-0.05, 0) is 18.2 Å². The zero-order valence-electron chi connectivity index (χ0n) is 13.0. The summed E-state index contributed by atoms with van der Waals surface area (Å²) in [6.07, 6.45) is 8.14. The van der Waals surface area contributed by atoms with Crippen molar-refractivity contribution in [3.8, 4) is 11.3 Å². The number of carbonyl (C=O) groups excluding carboxylic acids is 1. The minimum Gasteiger partial charge on any atom is -0.459 e. The molecule has 1 aliphatic rings. The maximum atomic E-state index is 13.3. The van der Waals surface area contributed by atoms with E-state index < -0.39 is 11.8 Å². The van der Waals surface area contributed by atoms with Crippen LogP contribution in [0.5, 0.6) is 0 Å². The van der Waals surface area contributed by atoms with E-state index in [-0.39, 0.29) is 11.1 Å². The van der Waals surface area contributed by atoms with Gasteiger partial charge < -0.3 is 9.30 Å². The van der Waals surface area contributed by atoms with Gasteiger partial charge in [0.25, 0.3) is 0 Å². The Labute approximate surface area is 147 Å². The second-order valence-corrected chi connectivity index (χ2v) is 6.36. The Kier molecular flexibility index (Phi) is 4.01. The lowest BCUT2D eigenvalue weighted by Crippen LogP contribution is -2.34. The average molecular weight is 361 g/mol. The fourth-order valence-corrected chi connectivity index (χ4v) is 3.07. The Morgan fingerprint density at radius 3 is 2.96 bits per heavy atom. The number of aromatic amines is 1. The Morgan fingerprint density at radius 1 is 1.40 bits per heavy atom. The van der Waals surface area contributed by atoms with Gasteiger partial charge >= 0.3 is 5.97 Å². The normalized spacial score (nSPS) is 19.4. The van der Waals surface area contributed by atoms with Gasteiger partial charge in [0.1, 0.15) is 17.5 Å². The van der Waals surface area contributed by atoms with E-state index in [4.69, 9.17) is 16.3 Å². The summed E-state index contributed by atoms with van der Waals surface area (Å²) in [5.74, 6) is -0.979. The van der Waals surface area contributed by atoms with Crippen molar-refractivity contribution in [2.45, 2.75) is 25.0 Å². The lowest BCUT2D eigenvalue weighted by Gasteiger charge is -2.35. The minimum atomic E-state index is -0.519. The Morgan fingerprint density at radius 2 is 2.24 bits per heavy atom. The second kappa shape index (κ2) is 6.33. The summed E-state index contributed by atoms with van der Waals surface area (Å²) in [5.41, 5.74) is 1.33. The van der Waals surface area contributed by atoms with Crippen LogP contribution in [0.3, 0.4) is 0 Å². The van der Waals surface area contributed by atoms with Crippen molar-refractivity contribution in [2.24, 2.45) is 0 Å². The lowest BCUT2D eigenvalue weighted by molar-refractivity contribution is -0.00787. The number of rotatable bonds is 4. The van der Waals surface area contributed by atoms with Crippen molar-refractivity contribution in [1.82, 2.24) is 19.7 Å². The molecule has 0 aliphatic heterocycles. The van der Waals surface area contributed by atoms with E-state index >= 15 is 0 Å². The van der Waals surface area contributed by atoms with Crippen LogP contribution in [0, 0.1) is 5.82 Å². The maximum Gasteiger partial charge on any atom is 0.342 e. The SMILES string of the molecule is O=C(OC1CC(n2ccnc2)C1)c1cn[nH]c1-c1ccc(F)c(Cl)c1. The molecule has 0 amide bonds. The fourth-order valence-electron chi connectivity index (χ4n) is 2.89. The third-order valence-corrected chi connectivity index (χ3v) is 4.65. The summed E-state index contributed by atoms with van der Waals surface area (Å²) in [4.78, 5) is 16.5. The van der Waals surface area contributed by atoms with Gasteiger partial charge in [-0.25, -0.2) is 14.2 Å². The summed E-state index contributed by atoms with van der Waals surface area (Å²) in [7, 11) is 0. The first kappa shape index (κ1) is 15.8. The molecule has 2 heterocycles. The van der Waals surface area contributed by atoms with Crippen LogP contribution in [0.4, 0.5) is 4.39 Å². The Bertz CT molecular complexity index is 903. The second-order valence-electron chi connectivity index (χ2n) is 5.95. The fraction of sp³-hybridized carbons (Fsp3) is 0.235. The molecule has 0 unspecified atom stereocenters. The van der Waals surface area contributed by atoms with Crippen LogP contribution < -0.4 is 0 Å². The molecule has 128 valence electrons. The summed E-state index contributed by atoms with van der Waals surface area (Å²) >= 11 is 5.81. The van der Waals surface area contributed by atoms with Gasteiger partial charge in [-0.15, -0.1) is 0 Å². The number of imidazole rings is 1. The number of nitrogens with zero attached hydrogens (tertiary/aromatic N) is 3. The van der Waals surface area contributed by atoms with Crippen LogP contribution in [0.2, 0.25) is 5.02 Å². The summed E-state index contributed by atoms with van der Waals surface area (Å²) < 4.78 is 20.9. The van der Waals surface area contributed by atoms with Crippen molar-refractivity contribution < 1.29 is 13.9 Å². The van der Waals surface area contributed by atoms with E-state index in [0.717, 1.165) is 12.8 Å². The molecule has 1 saturated carbocycles. The number of nitrogens with one attached hydrogen (secondary N) is 1. The molecule has 25 heavy (non-hydrogen) atoms. The molecule has 0 spiro atoms. The van der Waals surface area contributed by atoms with Gasteiger partial charge in [-0.1, -0.05) is 11.6 Å². The van der Waals surface area contributed by atoms with Gasteiger partial charge in [0, 0.05) is 36.8 Å². The number of esters is 1. The van der Waals surface area contributed by atoms with Crippen molar-refractivity contribution in [2.75, 3.05) is 0 Å². The Hall–Kier alpha value is -2.67. The largest absolute Gasteiger partial charge is 0.459 e. The summed E-state index contributed by atoms with van der Waals surface area (Å²) in [5, 5.41) is 6.63. The highest BCUT2D eigenvalue weighted by Crippen LogP contribution is 2.35. The van der Waals surface area contributed by atoms with Gasteiger partial charge in [0.15, 0.2) is 0 Å². The predicted octanol–water partition coefficient (Wildman–Crippen LogP) is 3.63. The van der Waals surface area contributed by atoms with Crippen LogP contribution in [0.25, 0.3) is 11.3 Å². The number of benzene rings is 1. The van der Waals surface area contributed by atoms with Crippen molar-refractivity contribution in [3.63, 3.8) is 0 Å². The van der Waals surface area contributed by atoms with E-state index in [1.165, 1.54) is 24.4 Å². The molecule has 2 aromatic heterocycles. The molecule has 3 aromatic rings. The smallest absolute Gasteiger partial charge is 0.342 e. The van der Waals surface area contributed by atoms with E-state index in [0.29, 0.717) is 22.9 Å². The first-order valence-corrected chi connectivity index (χ1v) is 8.17. The van der Waals surface area contributed by atoms with Gasteiger partial charge in [0.2, 0.25) is 0 Å². The molecule has 0 radical (unpaired) electrons. The lowest BCUT2D eigenvalue weighted by atomic mass is 9.89. The number of hydrogen-bond acceptors (Lipinski definition) is 4. The van der Waals surface area contributed by atoms with Crippen molar-refractivity contribution >= 4 is 17.6 Å². The standard InChI is InChI=1S/C17H14ClFN4O2/c18-14-5-10(1-2-15(14)19)16-13(8-21-22-16)17(24)25-12-6-11(7-12)23-4-3-20-9-23/h1-5,8-9,11-12H,6-7H2,(H,21,22). The van der Waals surface area contributed by atoms with Crippen LogP contribution in [-0.2, 0) is 4.74 Å². The quantitative estimate of drug-likeness (QED) is 0.721. The first-order valence-electron chi connectivity index (χ1n) is 7.79. The zero-order valence-corrected chi connectivity index (χ0v) is 13.8. The number of halogens is 2. The highest BCUT2D eigenvalue weighted by molar-refractivity contribution is 6.31. The van der Waals surface area contributed by atoms with Crippen LogP contribution in [0.15, 0.2) is 43.1 Å². The molecule has 4 rings (SSSR count). The van der Waals surface area contributed by atoms with Crippen LogP contribution >= 0.6 is 11.6 Å². The summed E-state index contributed by atoms with van der Waals surface area (Å²) in [6.45, 7) is 0. The topological polar surface area (TPSA) is 72.8 Å². The third kappa shape index (κ3) is 3.02. The molecule has 0 saturated heterocycles. The van der Waals surface area contributed by atoms with Gasteiger partial charge in [-0.3, -0.25) is 5.10 Å². The van der Waals surface area contributed by atoms with Crippen LogP contribution in [0.1, 0.15) is 29.2 Å². The molecule has 0 bridgehead atoms. The number of ether oxygens (including phenoxy) is 1. The highest BCUT2D eigenvalue weighted by Gasteiger charge is 2.34. The van der Waals surface area contributed by atoms with Gasteiger partial charge in [0.05, 0.1) is 23.2 Å². The zero-order chi connectivity index (χ0) is 17.4. The number of carbonyl (C=O) groups is 1. The monoisotopic (exact) mass is 360 g/mol. The predicted molar refractivity (Wildman–Crippen MR) is 88.7 cm³/mol. The molecule has 1 aromatic carbocycles. The number of aromatic nitrogens is 4. The maximum absolute atomic E-state index is 13.3. The number of hydrogen-bond donors (Lipinski definition) is 1. The number of H-pyrrole nitrogens is 1. The van der Waals surface area contributed by atoms with Crippen molar-refractivity contribution in [1.29, 1.82) is 0 Å². The third-order valence-electron chi connectivity index (χ3n) is 4.36. The van der Waals surface area contributed by atoms with Gasteiger partial charge in [-0.2, -0.15) is 5.10 Å². The molecule has 8 heteroatoms. The van der Waals surface area contributed by atoms with Crippen molar-refractivity contribution in [3.05, 3.63) is 59.5 Å². The molecule has 6 nitrogen and oxygen atoms in total. The summed E-state index contributed by atoms with van der Waals surface area (Å²) in [6, 6.07) is 4.53. The minimum absolute atomic E-state index is 0.0198. The molecule has 1 N–H and O–H groups in total. The van der Waals surface area contributed by atoms with E-state index in [9.17, 15) is 9.18 Å². The molecular weight excluding hydrogens is 347 g/mol. The average Bonchev–Trinajstić information content (AvgIpc) is 3.24. The van der Waals surface area contributed by atoms with Crippen LogP contribution in [-0.4, -0.2) is 31.8 Å². The highest BCUT2D eigenvalue weighted by atomic mass is 35.5. The first-order chi connectivity index (χ1) is 12.1. The molecule has 1 fully saturated rings. The molecule has 1 aliphatic carbocycles. The Balaban J connectivity index is 1.45. The molecule has 0 atom stereocenters. The van der Waals surface area contributed by atoms with E-state index in [2.05, 4.69) is 15.2 Å². The van der Waals surface area contributed by atoms with E-state index in [1.807, 2.05) is 10.8 Å².